The maximum absolute atomic E-state index is 14.1. The Kier molecular flexibility index (Phi) is 8.90. The SMILES string of the molecule is COc1ccc2c(OC3C[C@@H](C(N)=O)N(C(=O)[C@@H](NC(=O)OC4C[C@@H]5C(C)[C@@H]5C4)C(C)(C)C)C3)cc(-n3ccc(NC(C)C)n3)nc2c1. The second kappa shape index (κ2) is 12.8. The number of nitrogens with zero attached hydrogens (tertiary/aromatic N) is 4. The van der Waals surface area contributed by atoms with Gasteiger partial charge in [0.05, 0.1) is 19.2 Å². The van der Waals surface area contributed by atoms with Gasteiger partial charge in [-0.15, -0.1) is 5.10 Å². The molecule has 2 aromatic heterocycles. The number of amides is 3. The Bertz CT molecular complexity index is 1690. The molecule has 0 radical (unpaired) electrons. The average molecular weight is 662 g/mol. The molecular weight excluding hydrogens is 614 g/mol. The minimum atomic E-state index is -0.949. The lowest BCUT2D eigenvalue weighted by Crippen LogP contribution is -2.57. The predicted octanol–water partition coefficient (Wildman–Crippen LogP) is 4.27. The number of alkyl carbamates (subject to hydrolysis) is 1. The standard InChI is InChI=1S/C35H47N7O6/c1-18(2)37-29-10-11-42(40-29)30-16-28(23-9-8-20(46-7)14-26(23)38-30)47-22-15-27(32(36)43)41(17-22)33(44)31(35(4,5)6)39-34(45)48-21-12-24-19(3)25(24)13-21/h8-11,14,16,18-19,21-22,24-25,27,31H,12-13,15,17H2,1-7H3,(H2,36,43)(H,37,40)(H,39,45)/t19?,21?,22?,24-,25+,27-,31+/m0/s1. The Balaban J connectivity index is 1.23. The number of fused-ring (bicyclic) bond motifs is 2. The molecule has 3 unspecified atom stereocenters. The Morgan fingerprint density at radius 1 is 1.04 bits per heavy atom. The molecule has 3 amide bonds. The molecule has 1 aliphatic heterocycles. The third-order valence-corrected chi connectivity index (χ3v) is 9.87. The Labute approximate surface area is 280 Å². The lowest BCUT2D eigenvalue weighted by atomic mass is 9.85. The zero-order valence-electron chi connectivity index (χ0n) is 28.7. The molecule has 3 aliphatic rings. The number of likely N-dealkylation sites (tertiary alicyclic amines) is 1. The maximum Gasteiger partial charge on any atom is 0.408 e. The van der Waals surface area contributed by atoms with Crippen LogP contribution in [0.2, 0.25) is 0 Å². The maximum atomic E-state index is 14.1. The summed E-state index contributed by atoms with van der Waals surface area (Å²) in [6.07, 6.45) is 2.37. The number of pyridine rings is 1. The zero-order chi connectivity index (χ0) is 34.5. The van der Waals surface area contributed by atoms with Crippen LogP contribution in [0.3, 0.4) is 0 Å². The van der Waals surface area contributed by atoms with Crippen LogP contribution in [-0.4, -0.2) is 81.6 Å². The first kappa shape index (κ1) is 33.4. The highest BCUT2D eigenvalue weighted by atomic mass is 16.6. The second-order valence-electron chi connectivity index (χ2n) is 14.8. The number of aromatic nitrogens is 3. The molecule has 258 valence electrons. The highest BCUT2D eigenvalue weighted by Gasteiger charge is 2.54. The van der Waals surface area contributed by atoms with Gasteiger partial charge >= 0.3 is 6.09 Å². The van der Waals surface area contributed by atoms with Crippen molar-refractivity contribution in [3.63, 3.8) is 0 Å². The Morgan fingerprint density at radius 3 is 2.42 bits per heavy atom. The van der Waals surface area contributed by atoms with Crippen LogP contribution in [0.25, 0.3) is 16.7 Å². The van der Waals surface area contributed by atoms with Crippen molar-refractivity contribution in [3.8, 4) is 17.3 Å². The molecule has 6 rings (SSSR count). The van der Waals surface area contributed by atoms with Crippen molar-refractivity contribution in [1.29, 1.82) is 0 Å². The van der Waals surface area contributed by atoms with Crippen molar-refractivity contribution >= 4 is 34.6 Å². The van der Waals surface area contributed by atoms with Gasteiger partial charge in [0.25, 0.3) is 0 Å². The van der Waals surface area contributed by atoms with Gasteiger partial charge in [-0.25, -0.2) is 14.5 Å². The van der Waals surface area contributed by atoms with E-state index in [-0.39, 0.29) is 25.1 Å². The third kappa shape index (κ3) is 6.86. The molecule has 7 atom stereocenters. The fourth-order valence-electron chi connectivity index (χ4n) is 7.24. The van der Waals surface area contributed by atoms with Crippen molar-refractivity contribution in [2.24, 2.45) is 28.9 Å². The number of anilines is 1. The summed E-state index contributed by atoms with van der Waals surface area (Å²) in [5, 5.41) is 11.4. The molecule has 2 saturated carbocycles. The molecule has 0 spiro atoms. The van der Waals surface area contributed by atoms with Gasteiger partial charge in [-0.3, -0.25) is 9.59 Å². The van der Waals surface area contributed by atoms with Crippen LogP contribution in [0.1, 0.15) is 60.8 Å². The van der Waals surface area contributed by atoms with Gasteiger partial charge in [0, 0.05) is 42.2 Å². The van der Waals surface area contributed by atoms with E-state index < -0.39 is 41.5 Å². The lowest BCUT2D eigenvalue weighted by Gasteiger charge is -2.35. The number of primary amides is 1. The van der Waals surface area contributed by atoms with Gasteiger partial charge in [-0.05, 0) is 62.0 Å². The van der Waals surface area contributed by atoms with Gasteiger partial charge in [0.15, 0.2) is 5.82 Å². The fourth-order valence-corrected chi connectivity index (χ4v) is 7.24. The Hall–Kier alpha value is -4.55. The average Bonchev–Trinajstić information content (AvgIpc) is 3.50. The molecule has 2 aliphatic carbocycles. The number of carbonyl (C=O) groups excluding carboxylic acids is 3. The van der Waals surface area contributed by atoms with Gasteiger partial charge < -0.3 is 35.5 Å². The third-order valence-electron chi connectivity index (χ3n) is 9.87. The van der Waals surface area contributed by atoms with Crippen LogP contribution < -0.4 is 25.8 Å². The van der Waals surface area contributed by atoms with Crippen LogP contribution in [0.5, 0.6) is 11.5 Å². The first-order chi connectivity index (χ1) is 22.7. The highest BCUT2D eigenvalue weighted by Crippen LogP contribution is 2.57. The number of carbonyl (C=O) groups is 3. The number of rotatable bonds is 10. The summed E-state index contributed by atoms with van der Waals surface area (Å²) < 4.78 is 19.4. The molecule has 3 aromatic rings. The van der Waals surface area contributed by atoms with E-state index in [4.69, 9.17) is 24.9 Å². The largest absolute Gasteiger partial charge is 0.497 e. The molecular formula is C35H47N7O6. The van der Waals surface area contributed by atoms with Crippen molar-refractivity contribution in [2.45, 2.75) is 91.1 Å². The fraction of sp³-hybridized carbons (Fsp3) is 0.571. The summed E-state index contributed by atoms with van der Waals surface area (Å²) in [4.78, 5) is 46.1. The second-order valence-corrected chi connectivity index (χ2v) is 14.8. The van der Waals surface area contributed by atoms with Gasteiger partial charge in [0.2, 0.25) is 11.8 Å². The monoisotopic (exact) mass is 661 g/mol. The smallest absolute Gasteiger partial charge is 0.408 e. The molecule has 3 heterocycles. The number of methoxy groups -OCH3 is 1. The number of hydrogen-bond donors (Lipinski definition) is 3. The first-order valence-corrected chi connectivity index (χ1v) is 16.8. The van der Waals surface area contributed by atoms with Gasteiger partial charge in [0.1, 0.15) is 41.6 Å². The Morgan fingerprint density at radius 2 is 1.77 bits per heavy atom. The summed E-state index contributed by atoms with van der Waals surface area (Å²) in [7, 11) is 1.59. The predicted molar refractivity (Wildman–Crippen MR) is 180 cm³/mol. The summed E-state index contributed by atoms with van der Waals surface area (Å²) in [6.45, 7) is 12.0. The normalized spacial score (nSPS) is 25.5. The van der Waals surface area contributed by atoms with E-state index in [1.165, 1.54) is 4.90 Å². The van der Waals surface area contributed by atoms with E-state index in [1.807, 2.05) is 65.1 Å². The minimum Gasteiger partial charge on any atom is -0.497 e. The minimum absolute atomic E-state index is 0.0964. The molecule has 13 nitrogen and oxygen atoms in total. The number of benzene rings is 1. The van der Waals surface area contributed by atoms with Gasteiger partial charge in [-0.2, -0.15) is 0 Å². The molecule has 1 saturated heterocycles. The van der Waals surface area contributed by atoms with Crippen molar-refractivity contribution in [3.05, 3.63) is 36.5 Å². The van der Waals surface area contributed by atoms with E-state index in [0.29, 0.717) is 46.4 Å². The van der Waals surface area contributed by atoms with E-state index in [9.17, 15) is 14.4 Å². The van der Waals surface area contributed by atoms with Crippen LogP contribution in [0.4, 0.5) is 10.6 Å². The van der Waals surface area contributed by atoms with E-state index in [2.05, 4.69) is 22.7 Å². The first-order valence-electron chi connectivity index (χ1n) is 16.8. The van der Waals surface area contributed by atoms with Crippen molar-refractivity contribution in [1.82, 2.24) is 25.0 Å². The molecule has 1 aromatic carbocycles. The summed E-state index contributed by atoms with van der Waals surface area (Å²) >= 11 is 0. The van der Waals surface area contributed by atoms with Crippen LogP contribution >= 0.6 is 0 Å². The summed E-state index contributed by atoms with van der Waals surface area (Å²) in [5.74, 6) is 3.24. The molecule has 48 heavy (non-hydrogen) atoms. The van der Waals surface area contributed by atoms with E-state index in [1.54, 1.807) is 17.9 Å². The topological polar surface area (TPSA) is 163 Å². The molecule has 4 N–H and O–H groups in total. The number of nitrogens with one attached hydrogen (secondary N) is 2. The number of nitrogens with two attached hydrogens (primary N) is 1. The molecule has 13 heteroatoms. The lowest BCUT2D eigenvalue weighted by molar-refractivity contribution is -0.141. The summed E-state index contributed by atoms with van der Waals surface area (Å²) in [5.41, 5.74) is 5.79. The number of hydrogen-bond acceptors (Lipinski definition) is 9. The van der Waals surface area contributed by atoms with Crippen molar-refractivity contribution in [2.75, 3.05) is 19.0 Å². The van der Waals surface area contributed by atoms with E-state index in [0.717, 1.165) is 18.2 Å². The van der Waals surface area contributed by atoms with Crippen LogP contribution in [0, 0.1) is 23.2 Å². The van der Waals surface area contributed by atoms with Crippen LogP contribution in [-0.2, 0) is 14.3 Å². The number of ether oxygens (including phenoxy) is 3. The molecule has 0 bridgehead atoms. The van der Waals surface area contributed by atoms with Crippen molar-refractivity contribution < 1.29 is 28.6 Å². The molecule has 3 fully saturated rings. The highest BCUT2D eigenvalue weighted by molar-refractivity contribution is 5.92. The van der Waals surface area contributed by atoms with E-state index >= 15 is 0 Å². The van der Waals surface area contributed by atoms with Crippen LogP contribution in [0.15, 0.2) is 36.5 Å². The zero-order valence-corrected chi connectivity index (χ0v) is 28.7. The van der Waals surface area contributed by atoms with Gasteiger partial charge in [-0.1, -0.05) is 27.7 Å². The summed E-state index contributed by atoms with van der Waals surface area (Å²) in [6, 6.07) is 7.47. The quantitative estimate of drug-likeness (QED) is 0.288.